The summed E-state index contributed by atoms with van der Waals surface area (Å²) in [6, 6.07) is 22.8. The fourth-order valence-corrected chi connectivity index (χ4v) is 5.45. The third-order valence-corrected chi connectivity index (χ3v) is 6.76. The van der Waals surface area contributed by atoms with Gasteiger partial charge in [-0.15, -0.1) is 0 Å². The lowest BCUT2D eigenvalue weighted by Gasteiger charge is -2.30. The maximum Gasteiger partial charge on any atom is 0.161 e. The number of aromatic nitrogens is 1. The zero-order chi connectivity index (χ0) is 21.1. The molecule has 0 spiro atoms. The molecule has 4 heteroatoms. The first-order valence-corrected chi connectivity index (χ1v) is 10.8. The van der Waals surface area contributed by atoms with Gasteiger partial charge in [-0.25, -0.2) is 0 Å². The van der Waals surface area contributed by atoms with Crippen LogP contribution in [0.2, 0.25) is 0 Å². The molecule has 31 heavy (non-hydrogen) atoms. The SMILES string of the molecule is CCn1c2ccccc2c2c3c(ccc21)NC1=C(C(=O)CC1)C3c1ccc(C#N)cc1. The van der Waals surface area contributed by atoms with Gasteiger partial charge in [-0.3, -0.25) is 4.79 Å². The van der Waals surface area contributed by atoms with Crippen LogP contribution in [0.3, 0.4) is 0 Å². The quantitative estimate of drug-likeness (QED) is 0.456. The minimum absolute atomic E-state index is 0.131. The van der Waals surface area contributed by atoms with E-state index in [1.165, 1.54) is 27.4 Å². The van der Waals surface area contributed by atoms with E-state index in [9.17, 15) is 10.1 Å². The fourth-order valence-electron chi connectivity index (χ4n) is 5.45. The molecular weight excluding hydrogens is 382 g/mol. The number of carbonyl (C=O) groups is 1. The van der Waals surface area contributed by atoms with Crippen LogP contribution in [0, 0.1) is 11.3 Å². The van der Waals surface area contributed by atoms with Crippen molar-refractivity contribution in [1.29, 1.82) is 5.26 Å². The molecule has 0 amide bonds. The lowest BCUT2D eigenvalue weighted by atomic mass is 9.78. The molecule has 6 rings (SSSR count). The first-order valence-electron chi connectivity index (χ1n) is 10.8. The second-order valence-corrected chi connectivity index (χ2v) is 8.29. The Morgan fingerprint density at radius 3 is 2.61 bits per heavy atom. The fraction of sp³-hybridized carbons (Fsp3) is 0.185. The van der Waals surface area contributed by atoms with E-state index in [0.717, 1.165) is 35.5 Å². The van der Waals surface area contributed by atoms with E-state index in [-0.39, 0.29) is 11.7 Å². The lowest BCUT2D eigenvalue weighted by molar-refractivity contribution is -0.115. The Morgan fingerprint density at radius 2 is 1.84 bits per heavy atom. The number of hydrogen-bond donors (Lipinski definition) is 1. The summed E-state index contributed by atoms with van der Waals surface area (Å²) in [5.74, 6) is 0.0903. The molecule has 2 aliphatic rings. The van der Waals surface area contributed by atoms with Gasteiger partial charge in [0, 0.05) is 57.6 Å². The number of Topliss-reactive ketones (excluding diaryl/α,β-unsaturated/α-hetero) is 1. The molecule has 1 aliphatic carbocycles. The van der Waals surface area contributed by atoms with Gasteiger partial charge in [-0.2, -0.15) is 5.26 Å². The highest BCUT2D eigenvalue weighted by molar-refractivity contribution is 6.14. The van der Waals surface area contributed by atoms with Crippen LogP contribution in [-0.4, -0.2) is 10.4 Å². The van der Waals surface area contributed by atoms with Gasteiger partial charge in [-0.05, 0) is 54.8 Å². The smallest absolute Gasteiger partial charge is 0.161 e. The first-order chi connectivity index (χ1) is 15.2. The molecule has 2 heterocycles. The van der Waals surface area contributed by atoms with Crippen LogP contribution in [0.4, 0.5) is 5.69 Å². The Morgan fingerprint density at radius 1 is 1.03 bits per heavy atom. The minimum atomic E-state index is -0.131. The highest BCUT2D eigenvalue weighted by Crippen LogP contribution is 2.50. The van der Waals surface area contributed by atoms with Crippen LogP contribution in [0.15, 0.2) is 71.9 Å². The second-order valence-electron chi connectivity index (χ2n) is 8.29. The Labute approximate surface area is 180 Å². The van der Waals surface area contributed by atoms with Crippen molar-refractivity contribution in [2.24, 2.45) is 0 Å². The summed E-state index contributed by atoms with van der Waals surface area (Å²) in [5, 5.41) is 15.3. The van der Waals surface area contributed by atoms with E-state index in [1.807, 2.05) is 24.3 Å². The van der Waals surface area contributed by atoms with E-state index in [0.29, 0.717) is 12.0 Å². The number of rotatable bonds is 2. The van der Waals surface area contributed by atoms with Crippen LogP contribution < -0.4 is 5.32 Å². The number of carbonyl (C=O) groups excluding carboxylic acids is 1. The van der Waals surface area contributed by atoms with Crippen LogP contribution in [0.5, 0.6) is 0 Å². The molecule has 4 nitrogen and oxygen atoms in total. The van der Waals surface area contributed by atoms with Crippen molar-refractivity contribution in [3.63, 3.8) is 0 Å². The van der Waals surface area contributed by atoms with Gasteiger partial charge < -0.3 is 9.88 Å². The van der Waals surface area contributed by atoms with E-state index in [1.54, 1.807) is 0 Å². The van der Waals surface area contributed by atoms with Gasteiger partial charge in [0.2, 0.25) is 0 Å². The van der Waals surface area contributed by atoms with Crippen molar-refractivity contribution in [1.82, 2.24) is 4.57 Å². The largest absolute Gasteiger partial charge is 0.358 e. The third-order valence-electron chi connectivity index (χ3n) is 6.76. The standard InChI is InChI=1S/C27H21N3O/c1-2-30-21-6-4-3-5-18(21)25-22(30)13-11-20-27(25)24(17-9-7-16(15-28)8-10-17)26-19(29-20)12-14-23(26)31/h3-11,13,24,29H,2,12,14H2,1H3. The van der Waals surface area contributed by atoms with E-state index < -0.39 is 0 Å². The predicted molar refractivity (Wildman–Crippen MR) is 123 cm³/mol. The van der Waals surface area contributed by atoms with Crippen LogP contribution in [0.25, 0.3) is 21.8 Å². The Kier molecular flexibility index (Phi) is 3.82. The Hall–Kier alpha value is -3.84. The molecule has 1 N–H and O–H groups in total. The summed E-state index contributed by atoms with van der Waals surface area (Å²) in [6.45, 7) is 3.05. The number of nitrogens with zero attached hydrogens (tertiary/aromatic N) is 2. The molecule has 1 aliphatic heterocycles. The number of nitrogens with one attached hydrogen (secondary N) is 1. The van der Waals surface area contributed by atoms with Gasteiger partial charge in [0.1, 0.15) is 0 Å². The highest BCUT2D eigenvalue weighted by Gasteiger charge is 2.38. The number of allylic oxidation sites excluding steroid dienone is 2. The summed E-state index contributed by atoms with van der Waals surface area (Å²) in [7, 11) is 0. The third kappa shape index (κ3) is 2.44. The number of benzene rings is 3. The molecule has 1 atom stereocenters. The topological polar surface area (TPSA) is 57.8 Å². The molecule has 0 bridgehead atoms. The molecule has 0 radical (unpaired) electrons. The van der Waals surface area contributed by atoms with Crippen molar-refractivity contribution < 1.29 is 4.79 Å². The molecular formula is C27H21N3O. The Bertz CT molecular complexity index is 1460. The molecule has 0 fully saturated rings. The summed E-state index contributed by atoms with van der Waals surface area (Å²) in [6.07, 6.45) is 1.31. The molecule has 1 aromatic heterocycles. The number of para-hydroxylation sites is 1. The lowest BCUT2D eigenvalue weighted by Crippen LogP contribution is -2.19. The predicted octanol–water partition coefficient (Wildman–Crippen LogP) is 5.86. The van der Waals surface area contributed by atoms with E-state index in [2.05, 4.69) is 59.3 Å². The van der Waals surface area contributed by atoms with E-state index >= 15 is 0 Å². The summed E-state index contributed by atoms with van der Waals surface area (Å²) < 4.78 is 2.35. The van der Waals surface area contributed by atoms with Gasteiger partial charge in [-0.1, -0.05) is 30.3 Å². The van der Waals surface area contributed by atoms with Crippen molar-refractivity contribution in [2.45, 2.75) is 32.2 Å². The van der Waals surface area contributed by atoms with Gasteiger partial charge in [0.15, 0.2) is 5.78 Å². The molecule has 3 aromatic carbocycles. The number of aryl methyl sites for hydroxylation is 1. The van der Waals surface area contributed by atoms with Gasteiger partial charge in [0.25, 0.3) is 0 Å². The summed E-state index contributed by atoms with van der Waals surface area (Å²) >= 11 is 0. The number of ketones is 1. The zero-order valence-electron chi connectivity index (χ0n) is 17.3. The van der Waals surface area contributed by atoms with Crippen molar-refractivity contribution in [3.05, 3.63) is 88.6 Å². The highest BCUT2D eigenvalue weighted by atomic mass is 16.1. The maximum atomic E-state index is 13.0. The zero-order valence-corrected chi connectivity index (χ0v) is 17.3. The average Bonchev–Trinajstić information content (AvgIpc) is 3.35. The summed E-state index contributed by atoms with van der Waals surface area (Å²) in [4.78, 5) is 13.0. The Balaban J connectivity index is 1.73. The van der Waals surface area contributed by atoms with Crippen LogP contribution in [-0.2, 0) is 11.3 Å². The van der Waals surface area contributed by atoms with Crippen LogP contribution in [0.1, 0.15) is 42.4 Å². The number of hydrogen-bond acceptors (Lipinski definition) is 3. The molecule has 1 unspecified atom stereocenters. The number of fused-ring (bicyclic) bond motifs is 5. The normalized spacial score (nSPS) is 17.5. The second kappa shape index (κ2) is 6.58. The van der Waals surface area contributed by atoms with E-state index in [4.69, 9.17) is 0 Å². The molecule has 150 valence electrons. The van der Waals surface area contributed by atoms with Crippen LogP contribution >= 0.6 is 0 Å². The summed E-state index contributed by atoms with van der Waals surface area (Å²) in [5.41, 5.74) is 8.27. The molecule has 0 saturated heterocycles. The first kappa shape index (κ1) is 18.0. The van der Waals surface area contributed by atoms with Crippen molar-refractivity contribution >= 4 is 33.3 Å². The van der Waals surface area contributed by atoms with Crippen molar-refractivity contribution in [2.75, 3.05) is 5.32 Å². The van der Waals surface area contributed by atoms with Crippen molar-refractivity contribution in [3.8, 4) is 6.07 Å². The average molecular weight is 403 g/mol. The number of anilines is 1. The van der Waals surface area contributed by atoms with Gasteiger partial charge >= 0.3 is 0 Å². The molecule has 4 aromatic rings. The molecule has 0 saturated carbocycles. The number of nitriles is 1. The maximum absolute atomic E-state index is 13.0. The van der Waals surface area contributed by atoms with Gasteiger partial charge in [0.05, 0.1) is 11.6 Å². The minimum Gasteiger partial charge on any atom is -0.358 e. The monoisotopic (exact) mass is 403 g/mol.